The molecule has 346 valence electrons. The molecule has 0 radical (unpaired) electrons. The molecular weight excluding hydrogens is 796 g/mol. The number of rotatable bonds is 20. The van der Waals surface area contributed by atoms with Gasteiger partial charge in [0, 0.05) is 0 Å². The van der Waals surface area contributed by atoms with Crippen LogP contribution >= 0.6 is 0 Å². The topological polar surface area (TPSA) is 211 Å². The Kier molecular flexibility index (Phi) is 17.0. The van der Waals surface area contributed by atoms with Crippen LogP contribution in [0.4, 0.5) is 0 Å². The third kappa shape index (κ3) is 13.0. The second-order valence-electron chi connectivity index (χ2n) is 18.7. The molecule has 2 unspecified atom stereocenters. The third-order valence-electron chi connectivity index (χ3n) is 11.5. The molecule has 16 nitrogen and oxygen atoms in total. The number of aliphatic hydroxyl groups excluding tert-OH is 4. The van der Waals surface area contributed by atoms with E-state index in [1.54, 1.807) is 85.1 Å². The largest absolute Gasteiger partial charge is 0.497 e. The van der Waals surface area contributed by atoms with Crippen LogP contribution in [0.25, 0.3) is 0 Å². The van der Waals surface area contributed by atoms with Crippen molar-refractivity contribution in [1.29, 1.82) is 0 Å². The molecule has 2 saturated heterocycles. The van der Waals surface area contributed by atoms with Crippen LogP contribution in [0, 0.1) is 5.92 Å². The Balaban J connectivity index is 1.50. The highest BCUT2D eigenvalue weighted by Crippen LogP contribution is 2.38. The van der Waals surface area contributed by atoms with Gasteiger partial charge >= 0.3 is 11.9 Å². The van der Waals surface area contributed by atoms with E-state index in [0.717, 1.165) is 0 Å². The van der Waals surface area contributed by atoms with Gasteiger partial charge in [-0.25, -0.2) is 9.59 Å². The molecule has 0 aliphatic carbocycles. The zero-order valence-corrected chi connectivity index (χ0v) is 38.0. The summed E-state index contributed by atoms with van der Waals surface area (Å²) in [6.45, 7) is 21.0. The molecule has 1 aromatic carbocycles. The van der Waals surface area contributed by atoms with Gasteiger partial charge in [-0.15, -0.1) is 0 Å². The van der Waals surface area contributed by atoms with Gasteiger partial charge in [0.1, 0.15) is 73.6 Å². The third-order valence-corrected chi connectivity index (χ3v) is 11.5. The highest BCUT2D eigenvalue weighted by atomic mass is 16.6. The maximum Gasteiger partial charge on any atom is 0.338 e. The first kappa shape index (κ1) is 50.5. The van der Waals surface area contributed by atoms with E-state index in [1.807, 2.05) is 41.5 Å². The lowest BCUT2D eigenvalue weighted by Crippen LogP contribution is -2.67. The molecule has 0 amide bonds. The summed E-state index contributed by atoms with van der Waals surface area (Å²) in [5.41, 5.74) is -3.71. The first-order valence-corrected chi connectivity index (χ1v) is 21.0. The summed E-state index contributed by atoms with van der Waals surface area (Å²) in [6.07, 6.45) is -12.8. The van der Waals surface area contributed by atoms with Crippen molar-refractivity contribution in [3.05, 3.63) is 54.0 Å². The van der Waals surface area contributed by atoms with Crippen LogP contribution in [-0.2, 0) is 60.7 Å². The summed E-state index contributed by atoms with van der Waals surface area (Å²) in [4.78, 5) is 27.4. The van der Waals surface area contributed by atoms with Gasteiger partial charge in [-0.2, -0.15) is 0 Å². The monoisotopic (exact) mass is 866 g/mol. The van der Waals surface area contributed by atoms with Gasteiger partial charge in [0.2, 0.25) is 0 Å². The maximum absolute atomic E-state index is 13.8. The molecule has 0 saturated carbocycles. The minimum atomic E-state index is -1.60. The second kappa shape index (κ2) is 20.6. The molecule has 2 fully saturated rings. The number of esters is 2. The van der Waals surface area contributed by atoms with Crippen LogP contribution in [0.2, 0.25) is 0 Å². The smallest absolute Gasteiger partial charge is 0.338 e. The van der Waals surface area contributed by atoms with E-state index < -0.39 is 95.4 Å². The molecule has 16 heteroatoms. The van der Waals surface area contributed by atoms with Crippen molar-refractivity contribution in [2.45, 2.75) is 192 Å². The van der Waals surface area contributed by atoms with E-state index in [1.165, 1.54) is 6.26 Å². The highest BCUT2D eigenvalue weighted by molar-refractivity contribution is 5.76. The van der Waals surface area contributed by atoms with E-state index in [4.69, 9.17) is 47.0 Å². The van der Waals surface area contributed by atoms with E-state index in [0.29, 0.717) is 17.1 Å². The van der Waals surface area contributed by atoms with E-state index in [2.05, 4.69) is 0 Å². The predicted molar refractivity (Wildman–Crippen MR) is 220 cm³/mol. The number of furan rings is 1. The molecule has 2 aromatic rings. The van der Waals surface area contributed by atoms with Crippen LogP contribution in [0.5, 0.6) is 5.75 Å². The van der Waals surface area contributed by atoms with Gasteiger partial charge in [0.25, 0.3) is 0 Å². The summed E-state index contributed by atoms with van der Waals surface area (Å²) in [5.74, 6) is -0.634. The fourth-order valence-corrected chi connectivity index (χ4v) is 7.34. The fraction of sp³-hybridized carbons (Fsp3) is 0.733. The van der Waals surface area contributed by atoms with E-state index in [-0.39, 0.29) is 38.3 Å². The minimum Gasteiger partial charge on any atom is -0.497 e. The molecule has 2 aliphatic heterocycles. The Morgan fingerprint density at radius 2 is 1.23 bits per heavy atom. The van der Waals surface area contributed by atoms with Gasteiger partial charge in [-0.05, 0) is 111 Å². The van der Waals surface area contributed by atoms with Crippen LogP contribution in [0.1, 0.15) is 101 Å². The Morgan fingerprint density at radius 3 is 1.72 bits per heavy atom. The standard InChI is InChI=1S/C45H70O16/c1-25(2)43(7,8)61-35-31(47)32(48)38(57-37(35)41(51)55-24-29-15-14-21-53-29)44(9,10)56-22-20-42(5,6)60-34-30(46)33(49)39(45(11,12)59-26(3)4)58-36(34)40(50)54-23-27-16-18-28(52-13)19-17-27/h14-19,21,25-26,30-39,46-49H,20,22-24H2,1-13H3/t30-,31-,32+,33+,34+,35+,36?,37?,38-,39-/m1/s1. The average molecular weight is 867 g/mol. The number of carbonyl (C=O) groups is 2. The van der Waals surface area contributed by atoms with E-state index in [9.17, 15) is 30.0 Å². The van der Waals surface area contributed by atoms with Crippen molar-refractivity contribution >= 4 is 11.9 Å². The molecule has 1 aromatic heterocycles. The number of carbonyl (C=O) groups excluding carboxylic acids is 2. The SMILES string of the molecule is COc1ccc(COC(=O)C2O[C@@H](C(C)(C)OC(C)C)[C@@H](O)[C@@H](O)[C@@H]2OC(C)(C)CCOC(C)(C)[C@@H]2OC(C(=O)OCc3ccco3)[C@@H](OC(C)(C)C(C)C)[C@H](O)[C@@H]2O)cc1. The molecule has 10 atom stereocenters. The normalized spacial score (nSPS) is 27.9. The molecule has 0 spiro atoms. The molecule has 4 rings (SSSR count). The van der Waals surface area contributed by atoms with Crippen LogP contribution < -0.4 is 4.74 Å². The highest BCUT2D eigenvalue weighted by Gasteiger charge is 2.57. The number of ether oxygens (including phenoxy) is 9. The van der Waals surface area contributed by atoms with Crippen molar-refractivity contribution in [2.75, 3.05) is 13.7 Å². The maximum atomic E-state index is 13.8. The van der Waals surface area contributed by atoms with Crippen molar-refractivity contribution in [2.24, 2.45) is 5.92 Å². The lowest BCUT2D eigenvalue weighted by molar-refractivity contribution is -0.296. The minimum absolute atomic E-state index is 0.0206. The fourth-order valence-electron chi connectivity index (χ4n) is 7.34. The number of hydrogen-bond acceptors (Lipinski definition) is 16. The summed E-state index contributed by atoms with van der Waals surface area (Å²) in [6, 6.07) is 10.3. The predicted octanol–water partition coefficient (Wildman–Crippen LogP) is 4.43. The number of methoxy groups -OCH3 is 1. The molecule has 61 heavy (non-hydrogen) atoms. The second-order valence-corrected chi connectivity index (χ2v) is 18.7. The Labute approximate surface area is 360 Å². The summed E-state index contributed by atoms with van der Waals surface area (Å²) >= 11 is 0. The summed E-state index contributed by atoms with van der Waals surface area (Å²) < 4.78 is 59.3. The number of aliphatic hydroxyl groups is 4. The van der Waals surface area contributed by atoms with Crippen molar-refractivity contribution in [3.63, 3.8) is 0 Å². The van der Waals surface area contributed by atoms with Crippen molar-refractivity contribution in [1.82, 2.24) is 0 Å². The van der Waals surface area contributed by atoms with E-state index >= 15 is 0 Å². The van der Waals surface area contributed by atoms with Crippen LogP contribution in [0.15, 0.2) is 47.1 Å². The Bertz CT molecular complexity index is 1670. The summed E-state index contributed by atoms with van der Waals surface area (Å²) in [7, 11) is 1.55. The molecule has 3 heterocycles. The molecule has 2 aliphatic rings. The zero-order chi connectivity index (χ0) is 45.7. The number of hydrogen-bond donors (Lipinski definition) is 4. The van der Waals surface area contributed by atoms with Crippen molar-refractivity contribution in [3.8, 4) is 5.75 Å². The van der Waals surface area contributed by atoms with Gasteiger partial charge in [-0.3, -0.25) is 0 Å². The molecule has 4 N–H and O–H groups in total. The summed E-state index contributed by atoms with van der Waals surface area (Å²) in [5, 5.41) is 46.0. The first-order chi connectivity index (χ1) is 28.3. The quantitative estimate of drug-likeness (QED) is 0.136. The van der Waals surface area contributed by atoms with Crippen LogP contribution in [-0.4, -0.2) is 136 Å². The van der Waals surface area contributed by atoms with Crippen LogP contribution in [0.3, 0.4) is 0 Å². The van der Waals surface area contributed by atoms with Gasteiger partial charge < -0.3 is 67.5 Å². The Morgan fingerprint density at radius 1 is 0.705 bits per heavy atom. The average Bonchev–Trinajstić information content (AvgIpc) is 3.70. The zero-order valence-electron chi connectivity index (χ0n) is 38.0. The van der Waals surface area contributed by atoms with Crippen molar-refractivity contribution < 1.29 is 77.1 Å². The van der Waals surface area contributed by atoms with Gasteiger partial charge in [0.05, 0.1) is 48.5 Å². The molecular formula is C45H70O16. The Hall–Kier alpha value is -3.16. The molecule has 0 bridgehead atoms. The lowest BCUT2D eigenvalue weighted by atomic mass is 9.85. The lowest BCUT2D eigenvalue weighted by Gasteiger charge is -2.49. The first-order valence-electron chi connectivity index (χ1n) is 21.0. The van der Waals surface area contributed by atoms with Gasteiger partial charge in [0.15, 0.2) is 12.2 Å². The van der Waals surface area contributed by atoms with Gasteiger partial charge in [-0.1, -0.05) is 26.0 Å². The number of benzene rings is 1.